The first kappa shape index (κ1) is 16.2. The molecule has 2 aliphatic rings. The molecular formula is C18H17BrN2O4. The first-order valence-corrected chi connectivity index (χ1v) is 8.73. The van der Waals surface area contributed by atoms with Crippen molar-refractivity contribution in [3.05, 3.63) is 52.0 Å². The van der Waals surface area contributed by atoms with Gasteiger partial charge in [0.1, 0.15) is 11.9 Å². The van der Waals surface area contributed by atoms with E-state index in [1.807, 2.05) is 18.2 Å². The van der Waals surface area contributed by atoms with Crippen molar-refractivity contribution in [1.82, 2.24) is 10.6 Å². The van der Waals surface area contributed by atoms with Crippen LogP contribution in [0.3, 0.4) is 0 Å². The Morgan fingerprint density at radius 1 is 1.32 bits per heavy atom. The van der Waals surface area contributed by atoms with Gasteiger partial charge < -0.3 is 19.9 Å². The van der Waals surface area contributed by atoms with E-state index in [0.29, 0.717) is 17.9 Å². The van der Waals surface area contributed by atoms with Crippen LogP contribution in [0.25, 0.3) is 0 Å². The predicted molar refractivity (Wildman–Crippen MR) is 94.4 cm³/mol. The molecule has 1 saturated heterocycles. The van der Waals surface area contributed by atoms with E-state index >= 15 is 0 Å². The lowest BCUT2D eigenvalue weighted by atomic mass is 9.90. The molecule has 0 saturated carbocycles. The van der Waals surface area contributed by atoms with Gasteiger partial charge >= 0.3 is 0 Å². The van der Waals surface area contributed by atoms with E-state index in [0.717, 1.165) is 15.6 Å². The van der Waals surface area contributed by atoms with E-state index < -0.39 is 12.4 Å². The van der Waals surface area contributed by atoms with E-state index in [-0.39, 0.29) is 17.6 Å². The second-order valence-corrected chi connectivity index (χ2v) is 7.06. The van der Waals surface area contributed by atoms with Gasteiger partial charge in [-0.05, 0) is 36.2 Å². The van der Waals surface area contributed by atoms with E-state index in [4.69, 9.17) is 9.47 Å². The summed E-state index contributed by atoms with van der Waals surface area (Å²) in [7, 11) is 1.59. The van der Waals surface area contributed by atoms with E-state index in [2.05, 4.69) is 26.6 Å². The molecule has 25 heavy (non-hydrogen) atoms. The zero-order valence-corrected chi connectivity index (χ0v) is 15.0. The Labute approximate surface area is 153 Å². The molecule has 3 N–H and O–H groups in total. The molecule has 0 aromatic heterocycles. The highest BCUT2D eigenvalue weighted by atomic mass is 79.9. The number of halogens is 1. The smallest absolute Gasteiger partial charge is 0.230 e. The van der Waals surface area contributed by atoms with Crippen molar-refractivity contribution in [2.45, 2.75) is 18.8 Å². The van der Waals surface area contributed by atoms with Crippen LogP contribution in [0.1, 0.15) is 17.3 Å². The number of hydrogen-bond acceptors (Lipinski definition) is 5. The number of carbonyl (C=O) groups excluding carboxylic acids is 1. The summed E-state index contributed by atoms with van der Waals surface area (Å²) < 4.78 is 12.4. The average Bonchev–Trinajstić information content (AvgIpc) is 2.59. The molecule has 2 aliphatic heterocycles. The number of aromatic hydroxyl groups is 1. The van der Waals surface area contributed by atoms with Gasteiger partial charge in [-0.3, -0.25) is 10.1 Å². The van der Waals surface area contributed by atoms with Gasteiger partial charge in [-0.2, -0.15) is 0 Å². The summed E-state index contributed by atoms with van der Waals surface area (Å²) in [4.78, 5) is 12.6. The lowest BCUT2D eigenvalue weighted by Crippen LogP contribution is -2.60. The molecule has 0 radical (unpaired) electrons. The number of rotatable bonds is 2. The fourth-order valence-corrected chi connectivity index (χ4v) is 3.82. The van der Waals surface area contributed by atoms with Gasteiger partial charge in [-0.1, -0.05) is 28.1 Å². The number of nitrogens with one attached hydrogen (secondary N) is 2. The third-order valence-electron chi connectivity index (χ3n) is 4.52. The van der Waals surface area contributed by atoms with E-state index in [1.54, 1.807) is 25.3 Å². The third kappa shape index (κ3) is 2.94. The second-order valence-electron chi connectivity index (χ2n) is 6.15. The van der Waals surface area contributed by atoms with Gasteiger partial charge in [0.15, 0.2) is 17.7 Å². The quantitative estimate of drug-likeness (QED) is 0.716. The monoisotopic (exact) mass is 404 g/mol. The van der Waals surface area contributed by atoms with Crippen LogP contribution in [0.5, 0.6) is 17.2 Å². The van der Waals surface area contributed by atoms with Crippen LogP contribution >= 0.6 is 15.9 Å². The Bertz CT molecular complexity index is 842. The zero-order valence-electron chi connectivity index (χ0n) is 13.5. The number of amides is 1. The number of methoxy groups -OCH3 is 1. The first-order chi connectivity index (χ1) is 12.0. The Balaban J connectivity index is 1.65. The minimum Gasteiger partial charge on any atom is -0.508 e. The molecule has 1 amide bonds. The lowest BCUT2D eigenvalue weighted by Gasteiger charge is -2.41. The van der Waals surface area contributed by atoms with Crippen LogP contribution in [0.2, 0.25) is 0 Å². The Kier molecular flexibility index (Phi) is 4.05. The standard InChI is InChI=1S/C18H17BrN2O4/c1-24-14-8-11(19)5-10-7-13-17(23)20-16(21-18(13)25-15(10)14)9-3-2-4-12(22)6-9/h2-6,8,13,16,18,21-22H,7H2,1H3,(H,20,23). The molecule has 0 spiro atoms. The van der Waals surface area contributed by atoms with Gasteiger partial charge in [0.25, 0.3) is 0 Å². The molecule has 130 valence electrons. The maximum absolute atomic E-state index is 12.6. The average molecular weight is 405 g/mol. The van der Waals surface area contributed by atoms with Crippen molar-refractivity contribution in [3.8, 4) is 17.2 Å². The summed E-state index contributed by atoms with van der Waals surface area (Å²) in [6.45, 7) is 0. The molecule has 4 rings (SSSR count). The molecule has 3 atom stereocenters. The summed E-state index contributed by atoms with van der Waals surface area (Å²) in [5, 5.41) is 15.9. The zero-order chi connectivity index (χ0) is 17.6. The third-order valence-corrected chi connectivity index (χ3v) is 4.98. The number of fused-ring (bicyclic) bond motifs is 2. The maximum Gasteiger partial charge on any atom is 0.230 e. The van der Waals surface area contributed by atoms with Crippen molar-refractivity contribution >= 4 is 21.8 Å². The van der Waals surface area contributed by atoms with Crippen LogP contribution in [0.4, 0.5) is 0 Å². The fraction of sp³-hybridized carbons (Fsp3) is 0.278. The summed E-state index contributed by atoms with van der Waals surface area (Å²) in [6.07, 6.45) is -0.339. The van der Waals surface area contributed by atoms with Crippen LogP contribution in [0.15, 0.2) is 40.9 Å². The Hall–Kier alpha value is -2.25. The topological polar surface area (TPSA) is 79.8 Å². The van der Waals surface area contributed by atoms with Crippen LogP contribution < -0.4 is 20.1 Å². The summed E-state index contributed by atoms with van der Waals surface area (Å²) >= 11 is 3.46. The SMILES string of the molecule is COc1cc(Br)cc2c1OC1NC(c3cccc(O)c3)NC(=O)C1C2. The fourth-order valence-electron chi connectivity index (χ4n) is 3.33. The minimum atomic E-state index is -0.469. The highest BCUT2D eigenvalue weighted by Gasteiger charge is 2.42. The maximum atomic E-state index is 12.6. The van der Waals surface area contributed by atoms with Gasteiger partial charge in [-0.25, -0.2) is 0 Å². The number of phenols is 1. The summed E-state index contributed by atoms with van der Waals surface area (Å²) in [5.74, 6) is 1.02. The Morgan fingerprint density at radius 2 is 2.16 bits per heavy atom. The Morgan fingerprint density at radius 3 is 2.92 bits per heavy atom. The number of benzene rings is 2. The minimum absolute atomic E-state index is 0.0818. The molecule has 2 aromatic rings. The van der Waals surface area contributed by atoms with Crippen molar-refractivity contribution < 1.29 is 19.4 Å². The normalized spacial score (nSPS) is 24.6. The van der Waals surface area contributed by atoms with Crippen molar-refractivity contribution in [2.24, 2.45) is 5.92 Å². The van der Waals surface area contributed by atoms with Crippen molar-refractivity contribution in [2.75, 3.05) is 7.11 Å². The van der Waals surface area contributed by atoms with Crippen molar-refractivity contribution in [3.63, 3.8) is 0 Å². The number of hydrogen-bond donors (Lipinski definition) is 3. The molecule has 2 heterocycles. The second kappa shape index (κ2) is 6.24. The first-order valence-electron chi connectivity index (χ1n) is 7.93. The van der Waals surface area contributed by atoms with Crippen molar-refractivity contribution in [1.29, 1.82) is 0 Å². The summed E-state index contributed by atoms with van der Waals surface area (Å²) in [5.41, 5.74) is 1.70. The molecule has 2 aromatic carbocycles. The largest absolute Gasteiger partial charge is 0.508 e. The van der Waals surface area contributed by atoms with Gasteiger partial charge in [0.2, 0.25) is 5.91 Å². The molecule has 7 heteroatoms. The summed E-state index contributed by atoms with van der Waals surface area (Å²) in [6, 6.07) is 10.6. The highest BCUT2D eigenvalue weighted by molar-refractivity contribution is 9.10. The van der Waals surface area contributed by atoms with Crippen LogP contribution in [-0.2, 0) is 11.2 Å². The molecule has 0 aliphatic carbocycles. The van der Waals surface area contributed by atoms with Gasteiger partial charge in [-0.15, -0.1) is 0 Å². The molecular weight excluding hydrogens is 388 g/mol. The molecule has 6 nitrogen and oxygen atoms in total. The molecule has 1 fully saturated rings. The number of phenolic OH excluding ortho intramolecular Hbond substituents is 1. The van der Waals surface area contributed by atoms with Crippen LogP contribution in [-0.4, -0.2) is 24.4 Å². The number of carbonyl (C=O) groups is 1. The van der Waals surface area contributed by atoms with Gasteiger partial charge in [0.05, 0.1) is 13.0 Å². The molecule has 3 unspecified atom stereocenters. The molecule has 0 bridgehead atoms. The van der Waals surface area contributed by atoms with Crippen LogP contribution in [0, 0.1) is 5.92 Å². The highest BCUT2D eigenvalue weighted by Crippen LogP contribution is 2.41. The predicted octanol–water partition coefficient (Wildman–Crippen LogP) is 2.46. The lowest BCUT2D eigenvalue weighted by molar-refractivity contribution is -0.135. The number of ether oxygens (including phenoxy) is 2. The van der Waals surface area contributed by atoms with Gasteiger partial charge in [0, 0.05) is 10.0 Å². The van der Waals surface area contributed by atoms with E-state index in [1.165, 1.54) is 0 Å². The van der Waals surface area contributed by atoms with E-state index in [9.17, 15) is 9.90 Å².